The molecular weight excluding hydrogens is 348 g/mol. The smallest absolute Gasteiger partial charge is 0.251 e. The Kier molecular flexibility index (Phi) is 4.97. The normalized spacial score (nSPS) is 16.0. The molecule has 3 rings (SSSR count). The number of nitrogens with zero attached hydrogens (tertiary/aromatic N) is 6. The topological polar surface area (TPSA) is 96.9 Å². The lowest BCUT2D eigenvalue weighted by atomic mass is 10.2. The maximum Gasteiger partial charge on any atom is 0.251 e. The van der Waals surface area contributed by atoms with Crippen LogP contribution in [0.1, 0.15) is 23.4 Å². The summed E-state index contributed by atoms with van der Waals surface area (Å²) >= 11 is 1.32. The van der Waals surface area contributed by atoms with Crippen LogP contribution in [0.4, 0.5) is 5.13 Å². The Morgan fingerprint density at radius 1 is 1.46 bits per heavy atom. The van der Waals surface area contributed by atoms with Crippen molar-refractivity contribution in [2.75, 3.05) is 18.5 Å². The van der Waals surface area contributed by atoms with Crippen molar-refractivity contribution in [1.29, 1.82) is 10.5 Å². The summed E-state index contributed by atoms with van der Waals surface area (Å²) in [4.78, 5) is 25.4. The van der Waals surface area contributed by atoms with Crippen molar-refractivity contribution in [3.8, 4) is 23.7 Å². The molecule has 0 aliphatic carbocycles. The molecule has 7 nitrogen and oxygen atoms in total. The van der Waals surface area contributed by atoms with Gasteiger partial charge in [0.25, 0.3) is 5.91 Å². The fraction of sp³-hybridized carbons (Fsp3) is 0.278. The van der Waals surface area contributed by atoms with Crippen LogP contribution in [-0.4, -0.2) is 40.4 Å². The molecule has 1 amide bonds. The van der Waals surface area contributed by atoms with Gasteiger partial charge in [0.2, 0.25) is 0 Å². The van der Waals surface area contributed by atoms with E-state index in [-0.39, 0.29) is 5.91 Å². The van der Waals surface area contributed by atoms with E-state index < -0.39 is 6.04 Å². The highest BCUT2D eigenvalue weighted by Gasteiger charge is 2.33. The van der Waals surface area contributed by atoms with E-state index in [2.05, 4.69) is 22.7 Å². The summed E-state index contributed by atoms with van der Waals surface area (Å²) in [5, 5.41) is 18.7. The first-order chi connectivity index (χ1) is 12.6. The summed E-state index contributed by atoms with van der Waals surface area (Å²) in [6.07, 6.45) is 5.22. The number of carbonyl (C=O) groups is 1. The highest BCUT2D eigenvalue weighted by molar-refractivity contribution is 7.17. The molecule has 1 aliphatic rings. The average Bonchev–Trinajstić information content (AvgIpc) is 3.33. The number of pyridine rings is 1. The average molecular weight is 364 g/mol. The van der Waals surface area contributed by atoms with Crippen molar-refractivity contribution in [2.24, 2.45) is 0 Å². The van der Waals surface area contributed by atoms with Crippen molar-refractivity contribution < 1.29 is 4.79 Å². The second-order valence-electron chi connectivity index (χ2n) is 5.78. The largest absolute Gasteiger partial charge is 0.298 e. The Morgan fingerprint density at radius 2 is 2.27 bits per heavy atom. The molecule has 0 saturated carbocycles. The predicted molar refractivity (Wildman–Crippen MR) is 98.9 cm³/mol. The summed E-state index contributed by atoms with van der Waals surface area (Å²) in [5.41, 5.74) is 1.44. The van der Waals surface area contributed by atoms with E-state index in [0.717, 1.165) is 11.3 Å². The van der Waals surface area contributed by atoms with Gasteiger partial charge in [-0.25, -0.2) is 9.97 Å². The quantitative estimate of drug-likeness (QED) is 0.774. The number of anilines is 1. The third-order valence-corrected chi connectivity index (χ3v) is 5.35. The molecule has 8 heteroatoms. The summed E-state index contributed by atoms with van der Waals surface area (Å²) in [7, 11) is 1.66. The number of likely N-dealkylation sites (N-methyl/N-ethyl adjacent to an activating group) is 1. The monoisotopic (exact) mass is 364 g/mol. The number of hydrogen-bond donors (Lipinski definition) is 0. The molecule has 0 bridgehead atoms. The summed E-state index contributed by atoms with van der Waals surface area (Å²) in [5.74, 6) is -0.154. The standard InChI is InChI=1S/C18H16N6OS/c1-3-15-16(13-7-4-6-12(10-19)21-13)22-18(26-15)23(2)17(25)14-8-5-9-24(14)11-20/h3-4,6-7,14H,1,5,8-9H2,2H3/t14-/m0/s1. The van der Waals surface area contributed by atoms with E-state index in [1.165, 1.54) is 21.1 Å². The maximum atomic E-state index is 12.8. The molecule has 1 fully saturated rings. The number of amides is 1. The van der Waals surface area contributed by atoms with E-state index >= 15 is 0 Å². The Bertz CT molecular complexity index is 938. The number of rotatable bonds is 4. The number of hydrogen-bond acceptors (Lipinski definition) is 7. The Morgan fingerprint density at radius 3 is 2.96 bits per heavy atom. The van der Waals surface area contributed by atoms with Gasteiger partial charge in [-0.3, -0.25) is 14.6 Å². The number of likely N-dealkylation sites (tertiary alicyclic amines) is 1. The number of thiazole rings is 1. The van der Waals surface area contributed by atoms with Crippen LogP contribution < -0.4 is 4.90 Å². The summed E-state index contributed by atoms with van der Waals surface area (Å²) in [6, 6.07) is 6.70. The van der Waals surface area contributed by atoms with Gasteiger partial charge in [0.15, 0.2) is 11.3 Å². The zero-order valence-electron chi connectivity index (χ0n) is 14.2. The van der Waals surface area contributed by atoms with Gasteiger partial charge in [-0.05, 0) is 31.1 Å². The van der Waals surface area contributed by atoms with Crippen LogP contribution in [0.3, 0.4) is 0 Å². The number of aromatic nitrogens is 2. The van der Waals surface area contributed by atoms with Gasteiger partial charge in [0.1, 0.15) is 23.5 Å². The fourth-order valence-electron chi connectivity index (χ4n) is 2.88. The zero-order valence-corrected chi connectivity index (χ0v) is 15.0. The second kappa shape index (κ2) is 7.34. The Labute approximate surface area is 155 Å². The lowest BCUT2D eigenvalue weighted by Crippen LogP contribution is -2.42. The Hall–Kier alpha value is -3.23. The van der Waals surface area contributed by atoms with Crippen LogP contribution in [-0.2, 0) is 4.79 Å². The highest BCUT2D eigenvalue weighted by atomic mass is 32.1. The van der Waals surface area contributed by atoms with Crippen LogP contribution >= 0.6 is 11.3 Å². The first-order valence-electron chi connectivity index (χ1n) is 8.03. The van der Waals surface area contributed by atoms with E-state index in [4.69, 9.17) is 10.5 Å². The maximum absolute atomic E-state index is 12.8. The van der Waals surface area contributed by atoms with Crippen LogP contribution in [0.15, 0.2) is 24.8 Å². The molecule has 0 N–H and O–H groups in total. The van der Waals surface area contributed by atoms with Gasteiger partial charge in [-0.2, -0.15) is 10.5 Å². The molecular formula is C18H16N6OS. The lowest BCUT2D eigenvalue weighted by Gasteiger charge is -2.22. The molecule has 1 aliphatic heterocycles. The molecule has 130 valence electrons. The minimum atomic E-state index is -0.440. The van der Waals surface area contributed by atoms with E-state index in [1.54, 1.807) is 31.3 Å². The summed E-state index contributed by atoms with van der Waals surface area (Å²) < 4.78 is 0. The van der Waals surface area contributed by atoms with E-state index in [0.29, 0.717) is 35.2 Å². The molecule has 2 aromatic heterocycles. The first kappa shape index (κ1) is 17.6. The van der Waals surface area contributed by atoms with Gasteiger partial charge >= 0.3 is 0 Å². The molecule has 2 aromatic rings. The first-order valence-corrected chi connectivity index (χ1v) is 8.85. The zero-order chi connectivity index (χ0) is 18.7. The van der Waals surface area contributed by atoms with Crippen molar-refractivity contribution in [3.05, 3.63) is 35.3 Å². The van der Waals surface area contributed by atoms with Crippen molar-refractivity contribution in [2.45, 2.75) is 18.9 Å². The third-order valence-electron chi connectivity index (χ3n) is 4.22. The van der Waals surface area contributed by atoms with Crippen molar-refractivity contribution in [3.63, 3.8) is 0 Å². The molecule has 0 aromatic carbocycles. The van der Waals surface area contributed by atoms with Crippen LogP contribution in [0.2, 0.25) is 0 Å². The molecule has 1 saturated heterocycles. The van der Waals surface area contributed by atoms with Crippen LogP contribution in [0, 0.1) is 22.8 Å². The van der Waals surface area contributed by atoms with Gasteiger partial charge in [-0.15, -0.1) is 0 Å². The van der Waals surface area contributed by atoms with Crippen LogP contribution in [0.25, 0.3) is 17.5 Å². The van der Waals surface area contributed by atoms with Gasteiger partial charge in [-0.1, -0.05) is 24.0 Å². The van der Waals surface area contributed by atoms with Gasteiger partial charge in [0, 0.05) is 13.6 Å². The Balaban J connectivity index is 1.93. The van der Waals surface area contributed by atoms with Gasteiger partial charge in [0.05, 0.1) is 10.6 Å². The third kappa shape index (κ3) is 3.15. The van der Waals surface area contributed by atoms with Gasteiger partial charge < -0.3 is 0 Å². The van der Waals surface area contributed by atoms with Crippen LogP contribution in [0.5, 0.6) is 0 Å². The second-order valence-corrected chi connectivity index (χ2v) is 6.79. The number of carbonyl (C=O) groups excluding carboxylic acids is 1. The highest BCUT2D eigenvalue weighted by Crippen LogP contribution is 2.33. The lowest BCUT2D eigenvalue weighted by molar-refractivity contribution is -0.121. The van der Waals surface area contributed by atoms with Crippen molar-refractivity contribution in [1.82, 2.24) is 14.9 Å². The molecule has 3 heterocycles. The molecule has 26 heavy (non-hydrogen) atoms. The number of nitriles is 2. The predicted octanol–water partition coefficient (Wildman–Crippen LogP) is 2.63. The molecule has 0 spiro atoms. The summed E-state index contributed by atoms with van der Waals surface area (Å²) in [6.45, 7) is 4.41. The minimum absolute atomic E-state index is 0.154. The van der Waals surface area contributed by atoms with E-state index in [1.807, 2.05) is 6.07 Å². The van der Waals surface area contributed by atoms with Crippen molar-refractivity contribution >= 4 is 28.5 Å². The fourth-order valence-corrected chi connectivity index (χ4v) is 3.77. The minimum Gasteiger partial charge on any atom is -0.298 e. The molecule has 0 radical (unpaired) electrons. The van der Waals surface area contributed by atoms with E-state index in [9.17, 15) is 4.79 Å². The molecule has 0 unspecified atom stereocenters. The SMILES string of the molecule is C=Cc1sc(N(C)C(=O)[C@@H]2CCCN2C#N)nc1-c1cccc(C#N)n1. The molecule has 1 atom stereocenters.